The van der Waals surface area contributed by atoms with E-state index in [-0.39, 0.29) is 18.1 Å². The molecule has 0 spiro atoms. The van der Waals surface area contributed by atoms with Crippen molar-refractivity contribution in [1.29, 1.82) is 0 Å². The maximum atomic E-state index is 12.5. The van der Waals surface area contributed by atoms with Crippen molar-refractivity contribution in [2.45, 2.75) is 37.8 Å². The number of nitrogens with zero attached hydrogens (tertiary/aromatic N) is 1. The van der Waals surface area contributed by atoms with Gasteiger partial charge in [0.25, 0.3) is 0 Å². The molecule has 2 aliphatic rings. The number of hydrogen-bond donors (Lipinski definition) is 1. The van der Waals surface area contributed by atoms with Crippen LogP contribution in [0.4, 0.5) is 0 Å². The molecule has 0 radical (unpaired) electrons. The van der Waals surface area contributed by atoms with Gasteiger partial charge in [0.05, 0.1) is 19.1 Å². The third-order valence-corrected chi connectivity index (χ3v) is 4.82. The van der Waals surface area contributed by atoms with Crippen LogP contribution in [0.5, 0.6) is 5.75 Å². The zero-order valence-corrected chi connectivity index (χ0v) is 14.1. The highest BCUT2D eigenvalue weighted by Gasteiger charge is 2.28. The second-order valence-electron chi connectivity index (χ2n) is 6.61. The summed E-state index contributed by atoms with van der Waals surface area (Å²) in [5.74, 6) is 0.982. The van der Waals surface area contributed by atoms with Crippen molar-refractivity contribution in [1.82, 2.24) is 10.3 Å². The first-order chi connectivity index (χ1) is 12.3. The van der Waals surface area contributed by atoms with Crippen LogP contribution >= 0.6 is 0 Å². The first-order valence-electron chi connectivity index (χ1n) is 8.85. The number of pyridine rings is 1. The van der Waals surface area contributed by atoms with Gasteiger partial charge >= 0.3 is 0 Å². The first-order valence-corrected chi connectivity index (χ1v) is 8.85. The lowest BCUT2D eigenvalue weighted by molar-refractivity contribution is -0.123. The topological polar surface area (TPSA) is 60.5 Å². The maximum absolute atomic E-state index is 12.5. The van der Waals surface area contributed by atoms with Gasteiger partial charge in [0.15, 0.2) is 0 Å². The Balaban J connectivity index is 1.42. The summed E-state index contributed by atoms with van der Waals surface area (Å²) in [6, 6.07) is 9.93. The number of fused-ring (bicyclic) bond motifs is 1. The van der Waals surface area contributed by atoms with Gasteiger partial charge in [-0.05, 0) is 47.7 Å². The number of rotatable bonds is 4. The molecule has 1 aromatic carbocycles. The fraction of sp³-hybridized carbons (Fsp3) is 0.400. The number of nitrogens with one attached hydrogen (secondary N) is 1. The van der Waals surface area contributed by atoms with Crippen LogP contribution in [0.1, 0.15) is 35.6 Å². The fourth-order valence-corrected chi connectivity index (χ4v) is 3.60. The molecule has 2 atom stereocenters. The molecule has 1 saturated heterocycles. The average Bonchev–Trinajstić information content (AvgIpc) is 3.10. The van der Waals surface area contributed by atoms with Gasteiger partial charge in [-0.3, -0.25) is 9.78 Å². The minimum atomic E-state index is -0.103. The van der Waals surface area contributed by atoms with E-state index in [0.717, 1.165) is 49.4 Å². The number of hydrogen-bond acceptors (Lipinski definition) is 4. The first kappa shape index (κ1) is 16.1. The maximum Gasteiger partial charge on any atom is 0.224 e. The van der Waals surface area contributed by atoms with Crippen LogP contribution < -0.4 is 10.1 Å². The van der Waals surface area contributed by atoms with Crippen LogP contribution in [0.3, 0.4) is 0 Å². The van der Waals surface area contributed by atoms with Crippen molar-refractivity contribution in [3.63, 3.8) is 0 Å². The van der Waals surface area contributed by atoms with E-state index in [1.54, 1.807) is 12.4 Å². The van der Waals surface area contributed by atoms with Crippen molar-refractivity contribution < 1.29 is 14.3 Å². The zero-order chi connectivity index (χ0) is 17.1. The van der Waals surface area contributed by atoms with Gasteiger partial charge in [-0.25, -0.2) is 0 Å². The molecular weight excluding hydrogens is 316 g/mol. The van der Waals surface area contributed by atoms with Gasteiger partial charge in [-0.2, -0.15) is 0 Å². The molecule has 3 heterocycles. The number of ether oxygens (including phenoxy) is 2. The third-order valence-electron chi connectivity index (χ3n) is 4.82. The van der Waals surface area contributed by atoms with Gasteiger partial charge in [-0.1, -0.05) is 12.1 Å². The SMILES string of the molecule is O=C(Cc1ccc2c(c1)CCO2)N[C@H]1CCCO[C@@H]1c1ccncc1. The Morgan fingerprint density at radius 3 is 2.96 bits per heavy atom. The van der Waals surface area contributed by atoms with E-state index in [1.807, 2.05) is 24.3 Å². The molecule has 0 aliphatic carbocycles. The highest BCUT2D eigenvalue weighted by Crippen LogP contribution is 2.29. The molecule has 0 saturated carbocycles. The Morgan fingerprint density at radius 2 is 2.08 bits per heavy atom. The predicted octanol–water partition coefficient (Wildman–Crippen LogP) is 2.60. The summed E-state index contributed by atoms with van der Waals surface area (Å²) in [5.41, 5.74) is 3.29. The number of carbonyl (C=O) groups is 1. The predicted molar refractivity (Wildman–Crippen MR) is 93.4 cm³/mol. The summed E-state index contributed by atoms with van der Waals surface area (Å²) in [5, 5.41) is 3.17. The van der Waals surface area contributed by atoms with Crippen molar-refractivity contribution in [2.24, 2.45) is 0 Å². The van der Waals surface area contributed by atoms with Gasteiger partial charge in [0.1, 0.15) is 11.9 Å². The van der Waals surface area contributed by atoms with E-state index in [0.29, 0.717) is 6.42 Å². The minimum absolute atomic E-state index is 0.00131. The van der Waals surface area contributed by atoms with E-state index in [4.69, 9.17) is 9.47 Å². The number of amides is 1. The molecule has 5 nitrogen and oxygen atoms in total. The largest absolute Gasteiger partial charge is 0.493 e. The molecule has 1 amide bonds. The lowest BCUT2D eigenvalue weighted by Crippen LogP contribution is -2.43. The summed E-state index contributed by atoms with van der Waals surface area (Å²) < 4.78 is 11.4. The zero-order valence-electron chi connectivity index (χ0n) is 14.1. The summed E-state index contributed by atoms with van der Waals surface area (Å²) in [6.07, 6.45) is 6.61. The molecule has 1 fully saturated rings. The van der Waals surface area contributed by atoms with Gasteiger partial charge in [0.2, 0.25) is 5.91 Å². The Hall–Kier alpha value is -2.40. The smallest absolute Gasteiger partial charge is 0.224 e. The van der Waals surface area contributed by atoms with Gasteiger partial charge in [0, 0.05) is 25.4 Å². The second kappa shape index (κ2) is 7.23. The Kier molecular flexibility index (Phi) is 4.65. The Labute approximate surface area is 147 Å². The number of aromatic nitrogens is 1. The van der Waals surface area contributed by atoms with E-state index < -0.39 is 0 Å². The molecule has 130 valence electrons. The van der Waals surface area contributed by atoms with Gasteiger partial charge in [-0.15, -0.1) is 0 Å². The normalized spacial score (nSPS) is 22.1. The van der Waals surface area contributed by atoms with Crippen molar-refractivity contribution >= 4 is 5.91 Å². The van der Waals surface area contributed by atoms with E-state index >= 15 is 0 Å². The minimum Gasteiger partial charge on any atom is -0.493 e. The van der Waals surface area contributed by atoms with Crippen LogP contribution in [-0.4, -0.2) is 30.1 Å². The van der Waals surface area contributed by atoms with Crippen LogP contribution in [0, 0.1) is 0 Å². The molecular formula is C20H22N2O3. The quantitative estimate of drug-likeness (QED) is 0.931. The highest BCUT2D eigenvalue weighted by molar-refractivity contribution is 5.79. The van der Waals surface area contributed by atoms with Crippen LogP contribution in [0.15, 0.2) is 42.7 Å². The summed E-state index contributed by atoms with van der Waals surface area (Å²) in [4.78, 5) is 16.6. The second-order valence-corrected chi connectivity index (χ2v) is 6.61. The van der Waals surface area contributed by atoms with Crippen molar-refractivity contribution in [3.05, 3.63) is 59.4 Å². The van der Waals surface area contributed by atoms with Gasteiger partial charge < -0.3 is 14.8 Å². The summed E-state index contributed by atoms with van der Waals surface area (Å²) >= 11 is 0. The van der Waals surface area contributed by atoms with Crippen LogP contribution in [0.25, 0.3) is 0 Å². The molecule has 25 heavy (non-hydrogen) atoms. The van der Waals surface area contributed by atoms with E-state index in [9.17, 15) is 4.79 Å². The van der Waals surface area contributed by atoms with E-state index in [1.165, 1.54) is 5.56 Å². The Morgan fingerprint density at radius 1 is 1.20 bits per heavy atom. The molecule has 1 N–H and O–H groups in total. The molecule has 2 aromatic rings. The molecule has 5 heteroatoms. The Bertz CT molecular complexity index is 748. The third kappa shape index (κ3) is 3.66. The molecule has 0 bridgehead atoms. The highest BCUT2D eigenvalue weighted by atomic mass is 16.5. The van der Waals surface area contributed by atoms with Crippen molar-refractivity contribution in [3.8, 4) is 5.75 Å². The molecule has 0 unspecified atom stereocenters. The average molecular weight is 338 g/mol. The summed E-state index contributed by atoms with van der Waals surface area (Å²) in [6.45, 7) is 1.46. The standard InChI is InChI=1S/C20H22N2O3/c23-19(13-14-3-4-18-16(12-14)7-11-24-18)22-17-2-1-10-25-20(17)15-5-8-21-9-6-15/h3-6,8-9,12,17,20H,1-2,7,10-11,13H2,(H,22,23)/t17-,20+/m0/s1. The van der Waals surface area contributed by atoms with E-state index in [2.05, 4.69) is 16.4 Å². The van der Waals surface area contributed by atoms with Crippen molar-refractivity contribution in [2.75, 3.05) is 13.2 Å². The molecule has 1 aromatic heterocycles. The lowest BCUT2D eigenvalue weighted by atomic mass is 9.96. The number of carbonyl (C=O) groups excluding carboxylic acids is 1. The lowest BCUT2D eigenvalue weighted by Gasteiger charge is -2.32. The molecule has 4 rings (SSSR count). The van der Waals surface area contributed by atoms with Crippen LogP contribution in [0.2, 0.25) is 0 Å². The monoisotopic (exact) mass is 338 g/mol. The summed E-state index contributed by atoms with van der Waals surface area (Å²) in [7, 11) is 0. The van der Waals surface area contributed by atoms with Crippen LogP contribution in [-0.2, 0) is 22.4 Å². The molecule has 2 aliphatic heterocycles. The fourth-order valence-electron chi connectivity index (χ4n) is 3.60. The number of benzene rings is 1.